The third-order valence-corrected chi connectivity index (χ3v) is 8.13. The molecule has 0 saturated carbocycles. The number of thioether (sulfide) groups is 1. The van der Waals surface area contributed by atoms with Crippen LogP contribution in [0.4, 0.5) is 0 Å². The molecule has 1 aliphatic heterocycles. The molecule has 6 nitrogen and oxygen atoms in total. The molecule has 32 heavy (non-hydrogen) atoms. The number of nitrogens with zero attached hydrogens (tertiary/aromatic N) is 4. The van der Waals surface area contributed by atoms with Gasteiger partial charge < -0.3 is 14.2 Å². The van der Waals surface area contributed by atoms with Crippen molar-refractivity contribution in [1.29, 1.82) is 0 Å². The monoisotopic (exact) mass is 466 g/mol. The van der Waals surface area contributed by atoms with Gasteiger partial charge in [-0.3, -0.25) is 4.79 Å². The zero-order chi connectivity index (χ0) is 21.9. The highest BCUT2D eigenvalue weighted by Crippen LogP contribution is 2.34. The van der Waals surface area contributed by atoms with E-state index in [1.807, 2.05) is 29.2 Å². The highest BCUT2D eigenvalue weighted by Gasteiger charge is 2.26. The zero-order valence-electron chi connectivity index (χ0n) is 18.1. The fraction of sp³-hybridized carbons (Fsp3) is 0.375. The molecule has 2 aromatic carbocycles. The van der Waals surface area contributed by atoms with Crippen LogP contribution in [0.25, 0.3) is 21.3 Å². The van der Waals surface area contributed by atoms with E-state index in [2.05, 4.69) is 28.8 Å². The molecule has 0 aliphatic carbocycles. The number of ether oxygens (including phenoxy) is 1. The number of rotatable bonds is 7. The van der Waals surface area contributed by atoms with E-state index in [-0.39, 0.29) is 5.91 Å². The Morgan fingerprint density at radius 1 is 1.09 bits per heavy atom. The molecule has 0 N–H and O–H groups in total. The molecular formula is C24H26N4O2S2. The van der Waals surface area contributed by atoms with Crippen LogP contribution in [0.1, 0.15) is 23.8 Å². The van der Waals surface area contributed by atoms with Crippen molar-refractivity contribution in [2.75, 3.05) is 32.6 Å². The summed E-state index contributed by atoms with van der Waals surface area (Å²) in [6.07, 6.45) is 1.95. The van der Waals surface area contributed by atoms with Crippen LogP contribution in [0.3, 0.4) is 0 Å². The first-order valence-corrected chi connectivity index (χ1v) is 12.7. The van der Waals surface area contributed by atoms with Crippen molar-refractivity contribution >= 4 is 50.3 Å². The fourth-order valence-electron chi connectivity index (χ4n) is 4.22. The summed E-state index contributed by atoms with van der Waals surface area (Å²) in [5, 5.41) is 2.08. The zero-order valence-corrected chi connectivity index (χ0v) is 19.7. The van der Waals surface area contributed by atoms with Gasteiger partial charge in [-0.2, -0.15) is 0 Å². The summed E-state index contributed by atoms with van der Waals surface area (Å²) in [6, 6.07) is 16.4. The highest BCUT2D eigenvalue weighted by atomic mass is 32.2. The van der Waals surface area contributed by atoms with Gasteiger partial charge in [0.25, 0.3) is 0 Å². The molecule has 0 radical (unpaired) electrons. The van der Waals surface area contributed by atoms with Crippen molar-refractivity contribution in [3.8, 4) is 0 Å². The molecule has 0 spiro atoms. The number of carbonyl (C=O) groups excluding carboxylic acids is 1. The summed E-state index contributed by atoms with van der Waals surface area (Å²) in [5.74, 6) is 1.03. The van der Waals surface area contributed by atoms with Crippen LogP contribution < -0.4 is 0 Å². The number of carbonyl (C=O) groups is 1. The van der Waals surface area contributed by atoms with Crippen LogP contribution in [0.2, 0.25) is 0 Å². The number of para-hydroxylation sites is 3. The van der Waals surface area contributed by atoms with E-state index >= 15 is 0 Å². The predicted octanol–water partition coefficient (Wildman–Crippen LogP) is 4.79. The van der Waals surface area contributed by atoms with Gasteiger partial charge in [-0.15, -0.1) is 11.3 Å². The second kappa shape index (κ2) is 9.60. The van der Waals surface area contributed by atoms with Gasteiger partial charge in [-0.25, -0.2) is 9.97 Å². The smallest absolute Gasteiger partial charge is 0.233 e. The average Bonchev–Trinajstić information content (AvgIpc) is 3.42. The van der Waals surface area contributed by atoms with E-state index < -0.39 is 0 Å². The van der Waals surface area contributed by atoms with Crippen molar-refractivity contribution in [1.82, 2.24) is 19.4 Å². The lowest BCUT2D eigenvalue weighted by Gasteiger charge is -2.31. The largest absolute Gasteiger partial charge is 0.383 e. The van der Waals surface area contributed by atoms with Gasteiger partial charge >= 0.3 is 0 Å². The quantitative estimate of drug-likeness (QED) is 0.367. The van der Waals surface area contributed by atoms with Gasteiger partial charge in [0.1, 0.15) is 0 Å². The molecule has 1 saturated heterocycles. The third kappa shape index (κ3) is 4.40. The normalized spacial score (nSPS) is 15.1. The molecular weight excluding hydrogens is 440 g/mol. The lowest BCUT2D eigenvalue weighted by atomic mass is 9.97. The van der Waals surface area contributed by atoms with Crippen LogP contribution in [0.15, 0.2) is 53.7 Å². The van der Waals surface area contributed by atoms with Crippen LogP contribution in [-0.2, 0) is 16.1 Å². The molecule has 1 fully saturated rings. The molecule has 2 aromatic heterocycles. The fourth-order valence-corrected chi connectivity index (χ4v) is 6.30. The number of hydrogen-bond donors (Lipinski definition) is 0. The van der Waals surface area contributed by atoms with Crippen molar-refractivity contribution in [3.63, 3.8) is 0 Å². The summed E-state index contributed by atoms with van der Waals surface area (Å²) in [7, 11) is 1.70. The van der Waals surface area contributed by atoms with Crippen molar-refractivity contribution in [3.05, 3.63) is 53.5 Å². The topological polar surface area (TPSA) is 60.2 Å². The molecule has 166 valence electrons. The lowest BCUT2D eigenvalue weighted by molar-refractivity contribution is -0.129. The number of imidazole rings is 1. The minimum Gasteiger partial charge on any atom is -0.383 e. The van der Waals surface area contributed by atoms with E-state index in [1.165, 1.54) is 21.5 Å². The van der Waals surface area contributed by atoms with E-state index in [1.54, 1.807) is 18.4 Å². The predicted molar refractivity (Wildman–Crippen MR) is 131 cm³/mol. The van der Waals surface area contributed by atoms with E-state index in [0.29, 0.717) is 18.3 Å². The lowest BCUT2D eigenvalue weighted by Crippen LogP contribution is -2.39. The van der Waals surface area contributed by atoms with E-state index in [0.717, 1.165) is 54.2 Å². The van der Waals surface area contributed by atoms with Gasteiger partial charge in [0.05, 0.1) is 38.6 Å². The maximum Gasteiger partial charge on any atom is 0.233 e. The first-order chi connectivity index (χ1) is 15.7. The maximum atomic E-state index is 12.9. The van der Waals surface area contributed by atoms with Crippen LogP contribution >= 0.6 is 23.1 Å². The average molecular weight is 467 g/mol. The van der Waals surface area contributed by atoms with Crippen molar-refractivity contribution < 1.29 is 9.53 Å². The van der Waals surface area contributed by atoms with Crippen molar-refractivity contribution in [2.45, 2.75) is 30.5 Å². The summed E-state index contributed by atoms with van der Waals surface area (Å²) >= 11 is 3.31. The molecule has 0 atom stereocenters. The number of benzene rings is 2. The molecule has 4 aromatic rings. The SMILES string of the molecule is COCCn1c(SCC(=O)N2CCC(c3nc4ccccc4s3)CC2)nc2ccccc21. The number of thiazole rings is 1. The Morgan fingerprint density at radius 2 is 1.84 bits per heavy atom. The first kappa shape index (κ1) is 21.4. The number of hydrogen-bond acceptors (Lipinski definition) is 6. The second-order valence-corrected chi connectivity index (χ2v) is 10.00. The standard InChI is InChI=1S/C24H26N4O2S2/c1-30-15-14-28-20-8-4-2-6-18(20)26-24(28)31-16-22(29)27-12-10-17(11-13-27)23-25-19-7-3-5-9-21(19)32-23/h2-9,17H,10-16H2,1H3. The Morgan fingerprint density at radius 3 is 2.62 bits per heavy atom. The van der Waals surface area contributed by atoms with Crippen LogP contribution in [-0.4, -0.2) is 57.9 Å². The number of amides is 1. The summed E-state index contributed by atoms with van der Waals surface area (Å²) < 4.78 is 8.66. The van der Waals surface area contributed by atoms with Gasteiger partial charge in [-0.1, -0.05) is 36.0 Å². The number of piperidine rings is 1. The van der Waals surface area contributed by atoms with Gasteiger partial charge in [0.15, 0.2) is 5.16 Å². The molecule has 8 heteroatoms. The highest BCUT2D eigenvalue weighted by molar-refractivity contribution is 7.99. The Labute approximate surface area is 195 Å². The number of fused-ring (bicyclic) bond motifs is 2. The summed E-state index contributed by atoms with van der Waals surface area (Å²) in [6.45, 7) is 2.92. The summed E-state index contributed by atoms with van der Waals surface area (Å²) in [4.78, 5) is 24.5. The Balaban J connectivity index is 1.20. The van der Waals surface area contributed by atoms with E-state index in [4.69, 9.17) is 14.7 Å². The molecule has 3 heterocycles. The maximum absolute atomic E-state index is 12.9. The minimum absolute atomic E-state index is 0.183. The number of likely N-dealkylation sites (tertiary alicyclic amines) is 1. The first-order valence-electron chi connectivity index (χ1n) is 10.9. The van der Waals surface area contributed by atoms with Gasteiger partial charge in [0.2, 0.25) is 5.91 Å². The van der Waals surface area contributed by atoms with Gasteiger partial charge in [-0.05, 0) is 37.1 Å². The van der Waals surface area contributed by atoms with Crippen LogP contribution in [0.5, 0.6) is 0 Å². The molecule has 0 unspecified atom stereocenters. The molecule has 1 aliphatic rings. The Bertz CT molecular complexity index is 1190. The minimum atomic E-state index is 0.183. The second-order valence-electron chi connectivity index (χ2n) is 7.99. The van der Waals surface area contributed by atoms with E-state index in [9.17, 15) is 4.79 Å². The Kier molecular flexibility index (Phi) is 6.43. The van der Waals surface area contributed by atoms with Gasteiger partial charge in [0, 0.05) is 32.7 Å². The van der Waals surface area contributed by atoms with Crippen LogP contribution in [0, 0.1) is 0 Å². The number of methoxy groups -OCH3 is 1. The summed E-state index contributed by atoms with van der Waals surface area (Å²) in [5.41, 5.74) is 3.12. The van der Waals surface area contributed by atoms with Crippen molar-refractivity contribution in [2.24, 2.45) is 0 Å². The molecule has 5 rings (SSSR count). The molecule has 1 amide bonds. The third-order valence-electron chi connectivity index (χ3n) is 5.97. The Hall–Kier alpha value is -2.42. The molecule has 0 bridgehead atoms. The number of aromatic nitrogens is 3.